The van der Waals surface area contributed by atoms with Crippen molar-refractivity contribution in [2.75, 3.05) is 28.2 Å². The Bertz CT molecular complexity index is 1010. The van der Waals surface area contributed by atoms with Crippen molar-refractivity contribution in [2.24, 2.45) is 5.92 Å². The summed E-state index contributed by atoms with van der Waals surface area (Å²) in [7, 11) is 0. The van der Waals surface area contributed by atoms with Crippen molar-refractivity contribution in [3.63, 3.8) is 0 Å². The molecule has 0 unspecified atom stereocenters. The maximum absolute atomic E-state index is 12.8. The molecule has 2 aliphatic heterocycles. The minimum atomic E-state index is -0.385. The Morgan fingerprint density at radius 3 is 2.66 bits per heavy atom. The molecule has 29 heavy (non-hydrogen) atoms. The van der Waals surface area contributed by atoms with Crippen LogP contribution in [0.2, 0.25) is 0 Å². The van der Waals surface area contributed by atoms with Crippen molar-refractivity contribution in [2.45, 2.75) is 33.6 Å². The van der Waals surface area contributed by atoms with Gasteiger partial charge in [0.2, 0.25) is 17.7 Å². The van der Waals surface area contributed by atoms with E-state index in [1.54, 1.807) is 16.7 Å². The van der Waals surface area contributed by atoms with Crippen LogP contribution in [0.5, 0.6) is 0 Å². The second-order valence-electron chi connectivity index (χ2n) is 7.95. The van der Waals surface area contributed by atoms with Gasteiger partial charge in [0.1, 0.15) is 0 Å². The molecule has 6 heteroatoms. The molecule has 1 saturated heterocycles. The van der Waals surface area contributed by atoms with Crippen LogP contribution in [0.25, 0.3) is 0 Å². The molecule has 6 nitrogen and oxygen atoms in total. The fourth-order valence-corrected chi connectivity index (χ4v) is 4.12. The Balaban J connectivity index is 1.49. The molecule has 1 fully saturated rings. The van der Waals surface area contributed by atoms with E-state index in [1.165, 1.54) is 0 Å². The Morgan fingerprint density at radius 1 is 1.10 bits per heavy atom. The summed E-state index contributed by atoms with van der Waals surface area (Å²) in [6.45, 7) is 6.53. The SMILES string of the molecule is CC(=O)N1CCc2cc(N3C[C@H](C(=O)Nc4cc(C)ccc4C)CC3=O)ccc21. The third kappa shape index (κ3) is 3.62. The molecule has 1 N–H and O–H groups in total. The third-order valence-corrected chi connectivity index (χ3v) is 5.80. The number of carbonyl (C=O) groups is 3. The molecule has 0 aliphatic carbocycles. The summed E-state index contributed by atoms with van der Waals surface area (Å²) >= 11 is 0. The van der Waals surface area contributed by atoms with Crippen molar-refractivity contribution in [1.29, 1.82) is 0 Å². The summed E-state index contributed by atoms with van der Waals surface area (Å²) in [5, 5.41) is 2.98. The molecular weight excluding hydrogens is 366 g/mol. The fourth-order valence-electron chi connectivity index (χ4n) is 4.12. The van der Waals surface area contributed by atoms with Crippen molar-refractivity contribution < 1.29 is 14.4 Å². The largest absolute Gasteiger partial charge is 0.326 e. The van der Waals surface area contributed by atoms with Crippen molar-refractivity contribution in [1.82, 2.24) is 0 Å². The molecule has 2 aromatic carbocycles. The van der Waals surface area contributed by atoms with E-state index in [1.807, 2.05) is 50.2 Å². The van der Waals surface area contributed by atoms with Gasteiger partial charge in [-0.1, -0.05) is 12.1 Å². The Labute approximate surface area is 170 Å². The summed E-state index contributed by atoms with van der Waals surface area (Å²) in [4.78, 5) is 40.6. The molecule has 1 atom stereocenters. The highest BCUT2D eigenvalue weighted by Crippen LogP contribution is 2.34. The number of aryl methyl sites for hydroxylation is 2. The van der Waals surface area contributed by atoms with Crippen molar-refractivity contribution in [3.05, 3.63) is 53.1 Å². The van der Waals surface area contributed by atoms with Gasteiger partial charge in [0, 0.05) is 43.5 Å². The second kappa shape index (κ2) is 7.35. The van der Waals surface area contributed by atoms with Gasteiger partial charge in [0.05, 0.1) is 5.92 Å². The van der Waals surface area contributed by atoms with E-state index in [0.717, 1.165) is 40.2 Å². The number of nitrogens with one attached hydrogen (secondary N) is 1. The fraction of sp³-hybridized carbons (Fsp3) is 0.348. The lowest BCUT2D eigenvalue weighted by Gasteiger charge is -2.19. The van der Waals surface area contributed by atoms with Crippen LogP contribution < -0.4 is 15.1 Å². The zero-order chi connectivity index (χ0) is 20.7. The number of hydrogen-bond donors (Lipinski definition) is 1. The first kappa shape index (κ1) is 19.2. The molecule has 3 amide bonds. The summed E-state index contributed by atoms with van der Waals surface area (Å²) in [6.07, 6.45) is 0.981. The normalized spacial score (nSPS) is 18.2. The van der Waals surface area contributed by atoms with Gasteiger partial charge in [0.15, 0.2) is 0 Å². The van der Waals surface area contributed by atoms with E-state index >= 15 is 0 Å². The van der Waals surface area contributed by atoms with Crippen molar-refractivity contribution in [3.8, 4) is 0 Å². The molecule has 0 aromatic heterocycles. The van der Waals surface area contributed by atoms with Gasteiger partial charge < -0.3 is 15.1 Å². The van der Waals surface area contributed by atoms with Crippen LogP contribution >= 0.6 is 0 Å². The summed E-state index contributed by atoms with van der Waals surface area (Å²) in [6, 6.07) is 11.7. The van der Waals surface area contributed by atoms with Crippen LogP contribution in [0.4, 0.5) is 17.1 Å². The predicted octanol–water partition coefficient (Wildman–Crippen LogP) is 3.20. The molecular formula is C23H25N3O3. The lowest BCUT2D eigenvalue weighted by molar-refractivity contribution is -0.122. The molecule has 2 aromatic rings. The number of hydrogen-bond acceptors (Lipinski definition) is 3. The highest BCUT2D eigenvalue weighted by molar-refractivity contribution is 6.04. The van der Waals surface area contributed by atoms with E-state index in [0.29, 0.717) is 13.1 Å². The molecule has 2 heterocycles. The number of benzene rings is 2. The van der Waals surface area contributed by atoms with Crippen LogP contribution in [0.1, 0.15) is 30.0 Å². The van der Waals surface area contributed by atoms with Gasteiger partial charge in [0.25, 0.3) is 0 Å². The summed E-state index contributed by atoms with van der Waals surface area (Å²) in [5.74, 6) is -0.535. The van der Waals surface area contributed by atoms with Crippen LogP contribution in [0, 0.1) is 19.8 Å². The third-order valence-electron chi connectivity index (χ3n) is 5.80. The first-order chi connectivity index (χ1) is 13.8. The molecule has 0 saturated carbocycles. The maximum atomic E-state index is 12.8. The van der Waals surface area contributed by atoms with Crippen LogP contribution in [0.3, 0.4) is 0 Å². The summed E-state index contributed by atoms with van der Waals surface area (Å²) < 4.78 is 0. The highest BCUT2D eigenvalue weighted by atomic mass is 16.2. The molecule has 4 rings (SSSR count). The standard InChI is InChI=1S/C23H25N3O3/c1-14-4-5-15(2)20(10-14)24-23(29)18-12-22(28)26(13-18)19-6-7-21-17(11-19)8-9-25(21)16(3)27/h4-7,10-11,18H,8-9,12-13H2,1-3H3,(H,24,29)/t18-/m1/s1. The van der Waals surface area contributed by atoms with E-state index in [2.05, 4.69) is 5.32 Å². The van der Waals surface area contributed by atoms with Crippen molar-refractivity contribution >= 4 is 34.8 Å². The van der Waals surface area contributed by atoms with Gasteiger partial charge >= 0.3 is 0 Å². The van der Waals surface area contributed by atoms with Crippen LogP contribution in [-0.4, -0.2) is 30.8 Å². The topological polar surface area (TPSA) is 69.7 Å². The predicted molar refractivity (Wildman–Crippen MR) is 113 cm³/mol. The zero-order valence-corrected chi connectivity index (χ0v) is 17.0. The zero-order valence-electron chi connectivity index (χ0n) is 17.0. The van der Waals surface area contributed by atoms with E-state index in [-0.39, 0.29) is 30.1 Å². The summed E-state index contributed by atoms with van der Waals surface area (Å²) in [5.41, 5.74) is 5.64. The number of anilines is 3. The minimum absolute atomic E-state index is 0.0249. The maximum Gasteiger partial charge on any atom is 0.229 e. The number of carbonyl (C=O) groups excluding carboxylic acids is 3. The number of fused-ring (bicyclic) bond motifs is 1. The first-order valence-corrected chi connectivity index (χ1v) is 9.93. The molecule has 0 spiro atoms. The molecule has 150 valence electrons. The van der Waals surface area contributed by atoms with Gasteiger partial charge in [-0.3, -0.25) is 14.4 Å². The number of nitrogens with zero attached hydrogens (tertiary/aromatic N) is 2. The number of amides is 3. The van der Waals surface area contributed by atoms with E-state index in [4.69, 9.17) is 0 Å². The lowest BCUT2D eigenvalue weighted by atomic mass is 10.1. The van der Waals surface area contributed by atoms with E-state index in [9.17, 15) is 14.4 Å². The van der Waals surface area contributed by atoms with Gasteiger partial charge in [-0.05, 0) is 61.2 Å². The molecule has 2 aliphatic rings. The highest BCUT2D eigenvalue weighted by Gasteiger charge is 2.36. The average molecular weight is 391 g/mol. The molecule has 0 bridgehead atoms. The Hall–Kier alpha value is -3.15. The number of rotatable bonds is 3. The lowest BCUT2D eigenvalue weighted by Crippen LogP contribution is -2.28. The average Bonchev–Trinajstić information content (AvgIpc) is 3.27. The van der Waals surface area contributed by atoms with Gasteiger partial charge in [-0.25, -0.2) is 0 Å². The monoisotopic (exact) mass is 391 g/mol. The Morgan fingerprint density at radius 2 is 1.90 bits per heavy atom. The first-order valence-electron chi connectivity index (χ1n) is 9.93. The van der Waals surface area contributed by atoms with Crippen LogP contribution in [0.15, 0.2) is 36.4 Å². The smallest absolute Gasteiger partial charge is 0.229 e. The Kier molecular flexibility index (Phi) is 4.86. The van der Waals surface area contributed by atoms with E-state index < -0.39 is 0 Å². The van der Waals surface area contributed by atoms with Crippen LogP contribution in [-0.2, 0) is 20.8 Å². The quantitative estimate of drug-likeness (QED) is 0.874. The van der Waals surface area contributed by atoms with Gasteiger partial charge in [-0.2, -0.15) is 0 Å². The minimum Gasteiger partial charge on any atom is -0.326 e. The second-order valence-corrected chi connectivity index (χ2v) is 7.95. The molecule has 0 radical (unpaired) electrons. The van der Waals surface area contributed by atoms with Gasteiger partial charge in [-0.15, -0.1) is 0 Å².